The van der Waals surface area contributed by atoms with Gasteiger partial charge in [-0.3, -0.25) is 19.4 Å². The highest BCUT2D eigenvalue weighted by Gasteiger charge is 2.27. The lowest BCUT2D eigenvalue weighted by Gasteiger charge is -2.26. The summed E-state index contributed by atoms with van der Waals surface area (Å²) in [4.78, 5) is 55.9. The molecule has 14 nitrogen and oxygen atoms in total. The number of anilines is 1. The number of phenolic OH excluding ortho intramolecular Hbond substituents is 1. The second-order valence-corrected chi connectivity index (χ2v) is 17.9. The molecule has 0 saturated carbocycles. The lowest BCUT2D eigenvalue weighted by atomic mass is 9.84. The maximum atomic E-state index is 13.2. The Labute approximate surface area is 406 Å². The van der Waals surface area contributed by atoms with Gasteiger partial charge < -0.3 is 41.1 Å². The molecule has 69 heavy (non-hydrogen) atoms. The number of hydrogen-bond acceptors (Lipinski definition) is 10. The molecule has 2 amide bonds. The highest BCUT2D eigenvalue weighted by Crippen LogP contribution is 2.38. The first kappa shape index (κ1) is 48.2. The number of phenols is 1. The summed E-state index contributed by atoms with van der Waals surface area (Å²) in [6.45, 7) is 7.41. The molecule has 3 aromatic heterocycles. The number of aliphatic imine (C=N–C) groups is 1. The van der Waals surface area contributed by atoms with Crippen LogP contribution in [0.4, 0.5) is 5.82 Å². The molecule has 4 heterocycles. The normalized spacial score (nSPS) is 14.5. The van der Waals surface area contributed by atoms with Gasteiger partial charge in [0.2, 0.25) is 5.91 Å². The van der Waals surface area contributed by atoms with Crippen molar-refractivity contribution in [3.8, 4) is 39.8 Å². The van der Waals surface area contributed by atoms with Crippen LogP contribution >= 0.6 is 11.6 Å². The van der Waals surface area contributed by atoms with Crippen LogP contribution in [-0.2, 0) is 23.1 Å². The van der Waals surface area contributed by atoms with Crippen molar-refractivity contribution in [3.63, 3.8) is 0 Å². The molecule has 0 radical (unpaired) electrons. The second kappa shape index (κ2) is 21.8. The first-order valence-corrected chi connectivity index (χ1v) is 23.9. The predicted octanol–water partition coefficient (Wildman–Crippen LogP) is 9.53. The van der Waals surface area contributed by atoms with Gasteiger partial charge in [0.15, 0.2) is 5.78 Å². The fraction of sp³-hybridized carbons (Fsp3) is 0.296. The van der Waals surface area contributed by atoms with E-state index in [0.29, 0.717) is 65.4 Å². The molecule has 1 aliphatic heterocycles. The number of hydrogen-bond donors (Lipinski definition) is 6. The van der Waals surface area contributed by atoms with E-state index in [4.69, 9.17) is 27.1 Å². The summed E-state index contributed by atoms with van der Waals surface area (Å²) in [5.74, 6) is 0.654. The monoisotopic (exact) mass is 947 g/mol. The highest BCUT2D eigenvalue weighted by molar-refractivity contribution is 6.45. The number of benzene rings is 4. The fourth-order valence-electron chi connectivity index (χ4n) is 8.90. The number of carbonyl (C=O) groups is 3. The van der Waals surface area contributed by atoms with Crippen molar-refractivity contribution in [2.75, 3.05) is 31.9 Å². The smallest absolute Gasteiger partial charge is 0.300 e. The number of unbranched alkanes of at least 4 members (excludes halogenated alkanes) is 3. The molecule has 8 rings (SSSR count). The van der Waals surface area contributed by atoms with E-state index in [1.807, 2.05) is 69.6 Å². The molecule has 1 aliphatic rings. The molecule has 2 unspecified atom stereocenters. The number of imidazole rings is 1. The number of ether oxygens (including phenoxy) is 1. The van der Waals surface area contributed by atoms with Crippen LogP contribution in [0.2, 0.25) is 5.02 Å². The number of dihydropyridines is 1. The molecular formula is C54H58ClN9O5. The van der Waals surface area contributed by atoms with Crippen molar-refractivity contribution in [2.24, 2.45) is 12.0 Å². The average Bonchev–Trinajstić information content (AvgIpc) is 3.92. The Morgan fingerprint density at radius 2 is 1.72 bits per heavy atom. The molecule has 0 bridgehead atoms. The number of nitrogen functional groups attached to an aromatic ring is 1. The Bertz CT molecular complexity index is 3080. The number of fused-ring (bicyclic) bond motifs is 2. The van der Waals surface area contributed by atoms with Gasteiger partial charge in [-0.15, -0.1) is 0 Å². The quantitative estimate of drug-likeness (QED) is 0.0403. The van der Waals surface area contributed by atoms with Crippen LogP contribution in [0.15, 0.2) is 108 Å². The SMILES string of the molecule is CCc1c(C2C=CC(C(=O)CNCCNC(=O)CCCCCCNC(=O)c3cc(Oc4nc5cc(-c6ccc7c(ccn7C)c6)c(Cl)cc5[nH]4)ccc3C)=NC2C)cnc(N)c1-c1ccc(O)cc1. The lowest BCUT2D eigenvalue weighted by molar-refractivity contribution is -0.121. The van der Waals surface area contributed by atoms with Crippen molar-refractivity contribution < 1.29 is 24.2 Å². The number of pyridine rings is 1. The van der Waals surface area contributed by atoms with E-state index in [-0.39, 0.29) is 41.9 Å². The standard InChI is InChI=1S/C54H58ClN9O5/c1-5-39-43(30-60-52(56)51(39)34-12-15-37(65)16-13-34)40-18-19-45(61-33(40)3)49(66)31-57-23-24-58-50(67)10-8-6-7-9-22-59-53(68)41-27-38(17-11-32(41)2)69-54-62-46-28-42(44(55)29-47(46)63-54)35-14-20-48-36(26-35)21-25-64(48)4/h11-21,25-30,33,40,57,65H,5-10,22-24,31H2,1-4H3,(H2,56,60)(H,58,67)(H,59,68)(H,62,63). The summed E-state index contributed by atoms with van der Waals surface area (Å²) in [5, 5.41) is 20.6. The topological polar surface area (TPSA) is 202 Å². The van der Waals surface area contributed by atoms with E-state index in [9.17, 15) is 19.5 Å². The number of nitrogens with zero attached hydrogens (tertiary/aromatic N) is 4. The van der Waals surface area contributed by atoms with Gasteiger partial charge in [-0.25, -0.2) is 4.98 Å². The minimum atomic E-state index is -0.195. The Morgan fingerprint density at radius 3 is 2.52 bits per heavy atom. The van der Waals surface area contributed by atoms with E-state index in [1.165, 1.54) is 0 Å². The van der Waals surface area contributed by atoms with Crippen LogP contribution in [0.3, 0.4) is 0 Å². The zero-order chi connectivity index (χ0) is 48.6. The molecule has 0 aliphatic carbocycles. The minimum absolute atomic E-state index is 0.0390. The van der Waals surface area contributed by atoms with Crippen LogP contribution in [0.25, 0.3) is 44.2 Å². The number of nitrogens with one attached hydrogen (secondary N) is 4. The molecule has 0 fully saturated rings. The number of H-pyrrole nitrogens is 1. The molecule has 0 saturated heterocycles. The molecule has 15 heteroatoms. The van der Waals surface area contributed by atoms with Gasteiger partial charge in [-0.05, 0) is 122 Å². The molecule has 4 aromatic carbocycles. The number of amides is 2. The average molecular weight is 949 g/mol. The fourth-order valence-corrected chi connectivity index (χ4v) is 9.18. The molecule has 2 atom stereocenters. The summed E-state index contributed by atoms with van der Waals surface area (Å²) in [6, 6.07) is 24.5. The van der Waals surface area contributed by atoms with Gasteiger partial charge in [-0.1, -0.05) is 61.7 Å². The Balaban J connectivity index is 0.710. The number of halogens is 1. The number of rotatable bonds is 20. The van der Waals surface area contributed by atoms with Crippen molar-refractivity contribution in [1.29, 1.82) is 0 Å². The Hall–Kier alpha value is -7.29. The van der Waals surface area contributed by atoms with Gasteiger partial charge in [0.05, 0.1) is 28.6 Å². The highest BCUT2D eigenvalue weighted by atomic mass is 35.5. The van der Waals surface area contributed by atoms with E-state index < -0.39 is 0 Å². The molecule has 7 aromatic rings. The Kier molecular flexibility index (Phi) is 15.2. The van der Waals surface area contributed by atoms with E-state index in [2.05, 4.69) is 66.7 Å². The maximum absolute atomic E-state index is 13.2. The summed E-state index contributed by atoms with van der Waals surface area (Å²) in [5.41, 5.74) is 16.3. The lowest BCUT2D eigenvalue weighted by Crippen LogP contribution is -2.36. The van der Waals surface area contributed by atoms with Gasteiger partial charge in [0.25, 0.3) is 11.9 Å². The zero-order valence-electron chi connectivity index (χ0n) is 39.4. The second-order valence-electron chi connectivity index (χ2n) is 17.5. The number of aromatic nitrogens is 4. The molecule has 0 spiro atoms. The first-order valence-electron chi connectivity index (χ1n) is 23.5. The van der Waals surface area contributed by atoms with Gasteiger partial charge in [0, 0.05) is 79.0 Å². The largest absolute Gasteiger partial charge is 0.508 e. The number of aromatic amines is 1. The van der Waals surface area contributed by atoms with E-state index in [1.54, 1.807) is 30.5 Å². The van der Waals surface area contributed by atoms with Gasteiger partial charge in [-0.2, -0.15) is 4.98 Å². The van der Waals surface area contributed by atoms with Crippen molar-refractivity contribution in [3.05, 3.63) is 131 Å². The van der Waals surface area contributed by atoms with Crippen LogP contribution in [0.5, 0.6) is 17.5 Å². The van der Waals surface area contributed by atoms with Crippen LogP contribution in [0.1, 0.15) is 78.9 Å². The summed E-state index contributed by atoms with van der Waals surface area (Å²) in [6.07, 6.45) is 12.0. The molecule has 356 valence electrons. The third-order valence-electron chi connectivity index (χ3n) is 12.7. The van der Waals surface area contributed by atoms with Crippen molar-refractivity contribution in [1.82, 2.24) is 35.5 Å². The number of ketones is 1. The molecular weight excluding hydrogens is 890 g/mol. The third kappa shape index (κ3) is 11.4. The number of aryl methyl sites for hydroxylation is 2. The molecule has 7 N–H and O–H groups in total. The predicted molar refractivity (Wildman–Crippen MR) is 274 cm³/mol. The number of Topliss-reactive ketones (excluding diaryl/α,β-unsaturated/α-hetero) is 1. The number of aromatic hydroxyl groups is 1. The van der Waals surface area contributed by atoms with Crippen molar-refractivity contribution >= 4 is 62.7 Å². The number of allylic oxidation sites excluding steroid dienone is 1. The zero-order valence-corrected chi connectivity index (χ0v) is 40.1. The van der Waals surface area contributed by atoms with Crippen LogP contribution in [0, 0.1) is 6.92 Å². The van der Waals surface area contributed by atoms with Crippen LogP contribution in [-0.4, -0.2) is 80.2 Å². The van der Waals surface area contributed by atoms with E-state index >= 15 is 0 Å². The van der Waals surface area contributed by atoms with Crippen molar-refractivity contribution in [2.45, 2.75) is 71.3 Å². The van der Waals surface area contributed by atoms with Crippen LogP contribution < -0.4 is 26.4 Å². The maximum Gasteiger partial charge on any atom is 0.300 e. The summed E-state index contributed by atoms with van der Waals surface area (Å²) >= 11 is 6.74. The number of nitrogens with two attached hydrogens (primary N) is 1. The third-order valence-corrected chi connectivity index (χ3v) is 13.0. The Morgan fingerprint density at radius 1 is 0.928 bits per heavy atom. The number of carbonyl (C=O) groups excluding carboxylic acids is 3. The van der Waals surface area contributed by atoms with Gasteiger partial charge in [0.1, 0.15) is 23.0 Å². The van der Waals surface area contributed by atoms with E-state index in [0.717, 1.165) is 87.5 Å². The minimum Gasteiger partial charge on any atom is -0.508 e. The first-order chi connectivity index (χ1) is 33.4. The van der Waals surface area contributed by atoms with Gasteiger partial charge >= 0.3 is 0 Å². The summed E-state index contributed by atoms with van der Waals surface area (Å²) < 4.78 is 8.17. The summed E-state index contributed by atoms with van der Waals surface area (Å²) in [7, 11) is 2.02.